The summed E-state index contributed by atoms with van der Waals surface area (Å²) in [5.41, 5.74) is 2.14. The van der Waals surface area contributed by atoms with Crippen LogP contribution in [0.1, 0.15) is 49.6 Å². The minimum Gasteiger partial charge on any atom is -0.460 e. The maximum atomic E-state index is 12.9. The molecule has 2 saturated heterocycles. The summed E-state index contributed by atoms with van der Waals surface area (Å²) in [6.45, 7) is 13.2. The molecule has 2 heterocycles. The SMILES string of the molecule is C=C(C)C(=O)OCC(O)CN1C(=O)C(C)SC1c1ccc(C2SC(C)C(=O)N2CC(O)COC(=O)C(=C)C)cc1. The largest absolute Gasteiger partial charge is 0.460 e. The first-order valence-electron chi connectivity index (χ1n) is 12.8. The average molecular weight is 593 g/mol. The Morgan fingerprint density at radius 2 is 1.12 bits per heavy atom. The molecule has 2 fully saturated rings. The molecule has 0 bridgehead atoms. The number of β-amino-alcohol motifs (C(OH)–C–C–N with tert-alkyl or cyclic N) is 2. The lowest BCUT2D eigenvalue weighted by Crippen LogP contribution is -2.39. The van der Waals surface area contributed by atoms with Gasteiger partial charge in [0.1, 0.15) is 36.2 Å². The number of aliphatic hydroxyl groups excluding tert-OH is 2. The number of hydrogen-bond acceptors (Lipinski definition) is 10. The highest BCUT2D eigenvalue weighted by Crippen LogP contribution is 2.45. The van der Waals surface area contributed by atoms with E-state index in [-0.39, 0.29) is 70.5 Å². The molecule has 12 heteroatoms. The van der Waals surface area contributed by atoms with Gasteiger partial charge in [0.15, 0.2) is 0 Å². The fourth-order valence-electron chi connectivity index (χ4n) is 4.21. The molecule has 218 valence electrons. The number of hydrogen-bond donors (Lipinski definition) is 2. The Bertz CT molecular complexity index is 1070. The Balaban J connectivity index is 1.69. The molecule has 6 unspecified atom stereocenters. The van der Waals surface area contributed by atoms with Crippen molar-refractivity contribution < 1.29 is 38.9 Å². The zero-order chi connectivity index (χ0) is 29.7. The van der Waals surface area contributed by atoms with E-state index < -0.39 is 24.1 Å². The third-order valence-corrected chi connectivity index (χ3v) is 9.11. The van der Waals surface area contributed by atoms with Crippen LogP contribution >= 0.6 is 23.5 Å². The number of carbonyl (C=O) groups is 4. The summed E-state index contributed by atoms with van der Waals surface area (Å²) in [6.07, 6.45) is -2.12. The molecule has 2 aliphatic heterocycles. The van der Waals surface area contributed by atoms with Crippen LogP contribution in [0.2, 0.25) is 0 Å². The number of rotatable bonds is 12. The fourth-order valence-corrected chi connectivity index (χ4v) is 6.79. The molecule has 10 nitrogen and oxygen atoms in total. The average Bonchev–Trinajstić information content (AvgIpc) is 3.35. The van der Waals surface area contributed by atoms with E-state index in [9.17, 15) is 29.4 Å². The maximum absolute atomic E-state index is 12.9. The molecule has 0 radical (unpaired) electrons. The Morgan fingerprint density at radius 1 is 0.800 bits per heavy atom. The standard InChI is InChI=1S/C28H36N2O8S2/c1-15(2)27(35)37-13-21(31)11-29-23(33)17(5)39-25(29)19-7-9-20(10-8-19)26-30(24(34)18(6)40-26)12-22(32)14-38-28(36)16(3)4/h7-10,17-18,21-22,25-26,31-32H,1,3,11-14H2,2,4-6H3. The lowest BCUT2D eigenvalue weighted by atomic mass is 10.1. The van der Waals surface area contributed by atoms with Crippen molar-refractivity contribution in [1.82, 2.24) is 9.80 Å². The summed E-state index contributed by atoms with van der Waals surface area (Å²) in [7, 11) is 0. The van der Waals surface area contributed by atoms with Crippen molar-refractivity contribution in [2.45, 2.75) is 61.2 Å². The predicted octanol–water partition coefficient (Wildman–Crippen LogP) is 2.57. The molecular weight excluding hydrogens is 556 g/mol. The van der Waals surface area contributed by atoms with Crippen LogP contribution in [0.15, 0.2) is 48.6 Å². The second kappa shape index (κ2) is 13.7. The smallest absolute Gasteiger partial charge is 0.333 e. The van der Waals surface area contributed by atoms with E-state index in [0.717, 1.165) is 11.1 Å². The van der Waals surface area contributed by atoms with Gasteiger partial charge in [-0.1, -0.05) is 37.4 Å². The monoisotopic (exact) mass is 592 g/mol. The number of nitrogens with zero attached hydrogens (tertiary/aromatic N) is 2. The molecule has 2 amide bonds. The Kier molecular flexibility index (Phi) is 10.9. The normalized spacial score (nSPS) is 24.1. The van der Waals surface area contributed by atoms with Crippen LogP contribution < -0.4 is 0 Å². The molecule has 1 aromatic carbocycles. The minimum atomic E-state index is -1.06. The summed E-state index contributed by atoms with van der Waals surface area (Å²) in [4.78, 5) is 52.2. The molecule has 0 aromatic heterocycles. The molecule has 3 rings (SSSR count). The molecule has 2 N–H and O–H groups in total. The molecule has 0 aliphatic carbocycles. The van der Waals surface area contributed by atoms with Gasteiger partial charge in [0.25, 0.3) is 0 Å². The zero-order valence-electron chi connectivity index (χ0n) is 23.1. The number of benzene rings is 1. The summed E-state index contributed by atoms with van der Waals surface area (Å²) in [5.74, 6) is -1.45. The number of thioether (sulfide) groups is 2. The van der Waals surface area contributed by atoms with Gasteiger partial charge in [0, 0.05) is 11.1 Å². The first-order chi connectivity index (χ1) is 18.8. The Labute approximate surface area is 242 Å². The Morgan fingerprint density at radius 3 is 1.43 bits per heavy atom. The fraction of sp³-hybridized carbons (Fsp3) is 0.500. The van der Waals surface area contributed by atoms with Gasteiger partial charge >= 0.3 is 11.9 Å². The minimum absolute atomic E-state index is 0.00181. The van der Waals surface area contributed by atoms with Gasteiger partial charge in [-0.2, -0.15) is 0 Å². The van der Waals surface area contributed by atoms with Crippen molar-refractivity contribution >= 4 is 47.3 Å². The lowest BCUT2D eigenvalue weighted by molar-refractivity contribution is -0.144. The molecule has 2 aliphatic rings. The highest BCUT2D eigenvalue weighted by Gasteiger charge is 2.41. The highest BCUT2D eigenvalue weighted by molar-refractivity contribution is 8.01. The van der Waals surface area contributed by atoms with Gasteiger partial charge in [-0.05, 0) is 38.8 Å². The van der Waals surface area contributed by atoms with Gasteiger partial charge < -0.3 is 29.5 Å². The van der Waals surface area contributed by atoms with Crippen LogP contribution in [0.3, 0.4) is 0 Å². The van der Waals surface area contributed by atoms with Crippen molar-refractivity contribution in [1.29, 1.82) is 0 Å². The lowest BCUT2D eigenvalue weighted by Gasteiger charge is -2.28. The van der Waals surface area contributed by atoms with Gasteiger partial charge in [0.05, 0.1) is 23.6 Å². The number of amides is 2. The van der Waals surface area contributed by atoms with Crippen LogP contribution in [-0.2, 0) is 28.7 Å². The number of ether oxygens (including phenoxy) is 2. The maximum Gasteiger partial charge on any atom is 0.333 e. The van der Waals surface area contributed by atoms with Gasteiger partial charge in [-0.25, -0.2) is 9.59 Å². The van der Waals surface area contributed by atoms with E-state index in [1.165, 1.54) is 37.4 Å². The van der Waals surface area contributed by atoms with Crippen LogP contribution in [0.5, 0.6) is 0 Å². The molecule has 0 saturated carbocycles. The first-order valence-corrected chi connectivity index (χ1v) is 14.7. The van der Waals surface area contributed by atoms with Crippen LogP contribution in [0.25, 0.3) is 0 Å². The number of esters is 2. The van der Waals surface area contributed by atoms with E-state index in [0.29, 0.717) is 0 Å². The van der Waals surface area contributed by atoms with Crippen LogP contribution in [-0.4, -0.2) is 92.8 Å². The molecular formula is C28H36N2O8S2. The number of aliphatic hydroxyl groups is 2. The molecule has 1 aromatic rings. The van der Waals surface area contributed by atoms with Crippen molar-refractivity contribution in [2.24, 2.45) is 0 Å². The van der Waals surface area contributed by atoms with Gasteiger partial charge in [0.2, 0.25) is 11.8 Å². The quantitative estimate of drug-likeness (QED) is 0.276. The van der Waals surface area contributed by atoms with Crippen molar-refractivity contribution in [2.75, 3.05) is 26.3 Å². The van der Waals surface area contributed by atoms with E-state index in [2.05, 4.69) is 13.2 Å². The third-order valence-electron chi connectivity index (χ3n) is 6.33. The summed E-state index contributed by atoms with van der Waals surface area (Å²) >= 11 is 2.91. The second-order valence-corrected chi connectivity index (χ2v) is 12.8. The zero-order valence-corrected chi connectivity index (χ0v) is 24.7. The van der Waals surface area contributed by atoms with Gasteiger partial charge in [-0.3, -0.25) is 9.59 Å². The predicted molar refractivity (Wildman–Crippen MR) is 153 cm³/mol. The van der Waals surface area contributed by atoms with E-state index in [4.69, 9.17) is 9.47 Å². The number of carbonyl (C=O) groups excluding carboxylic acids is 4. The highest BCUT2D eigenvalue weighted by atomic mass is 32.2. The van der Waals surface area contributed by atoms with Crippen molar-refractivity contribution in [3.05, 3.63) is 59.7 Å². The second-order valence-electron chi connectivity index (χ2n) is 9.97. The molecule has 40 heavy (non-hydrogen) atoms. The van der Waals surface area contributed by atoms with Gasteiger partial charge in [-0.15, -0.1) is 23.5 Å². The first kappa shape index (κ1) is 31.7. The summed E-state index contributed by atoms with van der Waals surface area (Å²) < 4.78 is 10.1. The van der Waals surface area contributed by atoms with Crippen LogP contribution in [0.4, 0.5) is 0 Å². The van der Waals surface area contributed by atoms with Crippen LogP contribution in [0, 0.1) is 0 Å². The molecule has 0 spiro atoms. The topological polar surface area (TPSA) is 134 Å². The third kappa shape index (κ3) is 7.68. The van der Waals surface area contributed by atoms with E-state index in [1.54, 1.807) is 23.6 Å². The molecule has 6 atom stereocenters. The van der Waals surface area contributed by atoms with E-state index >= 15 is 0 Å². The summed E-state index contributed by atoms with van der Waals surface area (Å²) in [5, 5.41) is 19.6. The van der Waals surface area contributed by atoms with E-state index in [1.807, 2.05) is 24.3 Å². The summed E-state index contributed by atoms with van der Waals surface area (Å²) in [6, 6.07) is 7.54. The van der Waals surface area contributed by atoms with Crippen molar-refractivity contribution in [3.63, 3.8) is 0 Å². The van der Waals surface area contributed by atoms with Crippen molar-refractivity contribution in [3.8, 4) is 0 Å². The Hall–Kier alpha value is -2.80.